The van der Waals surface area contributed by atoms with Crippen molar-refractivity contribution in [2.45, 2.75) is 100 Å². The van der Waals surface area contributed by atoms with Gasteiger partial charge in [-0.05, 0) is 13.3 Å². The fourth-order valence-electron chi connectivity index (χ4n) is 2.64. The van der Waals surface area contributed by atoms with Crippen molar-refractivity contribution in [2.75, 3.05) is 6.61 Å². The Balaban J connectivity index is 5.71. The third-order valence-corrected chi connectivity index (χ3v) is 5.06. The minimum atomic E-state index is -8.51. The van der Waals surface area contributed by atoms with E-state index in [1.54, 1.807) is 0 Å². The average Bonchev–Trinajstić information content (AvgIpc) is 2.76. The van der Waals surface area contributed by atoms with Crippen LogP contribution in [0.4, 0.5) is 65.9 Å². The monoisotopic (exact) mass is 597 g/mol. The van der Waals surface area contributed by atoms with Crippen LogP contribution in [-0.2, 0) is 14.3 Å². The third kappa shape index (κ3) is 6.54. The molecule has 0 radical (unpaired) electrons. The molecule has 0 aromatic carbocycles. The molecule has 0 saturated carbocycles. The highest BCUT2D eigenvalue weighted by Crippen LogP contribution is 2.62. The summed E-state index contributed by atoms with van der Waals surface area (Å²) in [6, 6.07) is -2.34. The van der Waals surface area contributed by atoms with Gasteiger partial charge < -0.3 is 10.1 Å². The summed E-state index contributed by atoms with van der Waals surface area (Å²) in [5, 5.41) is 0.674. The van der Waals surface area contributed by atoms with Crippen LogP contribution < -0.4 is 5.32 Å². The maximum atomic E-state index is 13.8. The molecule has 226 valence electrons. The highest BCUT2D eigenvalue weighted by Gasteiger charge is 2.94. The number of halogens is 15. The lowest BCUT2D eigenvalue weighted by molar-refractivity contribution is -0.449. The Labute approximate surface area is 205 Å². The average molecular weight is 597 g/mol. The van der Waals surface area contributed by atoms with Crippen LogP contribution in [0.2, 0.25) is 0 Å². The molecular formula is C19H22F15NO3. The fraction of sp³-hybridized carbons (Fsp3) is 0.895. The van der Waals surface area contributed by atoms with E-state index in [9.17, 15) is 75.4 Å². The summed E-state index contributed by atoms with van der Waals surface area (Å²) < 4.78 is 202. The van der Waals surface area contributed by atoms with Gasteiger partial charge in [-0.3, -0.25) is 4.79 Å². The number of hydrogen-bond donors (Lipinski definition) is 1. The van der Waals surface area contributed by atoms with Gasteiger partial charge >= 0.3 is 47.7 Å². The Morgan fingerprint density at radius 3 is 1.47 bits per heavy atom. The van der Waals surface area contributed by atoms with Gasteiger partial charge in [0.25, 0.3) is 5.91 Å². The van der Waals surface area contributed by atoms with Gasteiger partial charge in [-0.15, -0.1) is 0 Å². The number of amides is 1. The summed E-state index contributed by atoms with van der Waals surface area (Å²) in [7, 11) is 0. The second kappa shape index (κ2) is 12.0. The van der Waals surface area contributed by atoms with E-state index >= 15 is 0 Å². The number of hydrogen-bond acceptors (Lipinski definition) is 3. The minimum absolute atomic E-state index is 0.211. The summed E-state index contributed by atoms with van der Waals surface area (Å²) in [6.07, 6.45) is -3.68. The molecule has 0 aromatic heterocycles. The smallest absolute Gasteiger partial charge is 0.460 e. The third-order valence-electron chi connectivity index (χ3n) is 5.06. The van der Waals surface area contributed by atoms with Crippen LogP contribution in [0.5, 0.6) is 0 Å². The number of alkyl halides is 15. The Bertz CT molecular complexity index is 812. The number of nitrogens with one attached hydrogen (secondary N) is 1. The van der Waals surface area contributed by atoms with Crippen LogP contribution in [0.3, 0.4) is 0 Å². The number of rotatable bonds is 15. The molecule has 19 heteroatoms. The van der Waals surface area contributed by atoms with Crippen molar-refractivity contribution in [3.63, 3.8) is 0 Å². The number of carbonyl (C=O) groups is 2. The highest BCUT2D eigenvalue weighted by atomic mass is 19.4. The van der Waals surface area contributed by atoms with Gasteiger partial charge in [0, 0.05) is 0 Å². The number of carbonyl (C=O) groups excluding carboxylic acids is 2. The van der Waals surface area contributed by atoms with E-state index in [4.69, 9.17) is 0 Å². The SMILES string of the molecule is CCCCCCCCOC(=O)C(C)NC(=O)C(F)(F)C(F)(F)C(F)(F)C(F)(F)C(F)(F)C(F)(F)C(F)(F)F. The van der Waals surface area contributed by atoms with Crippen LogP contribution in [0.25, 0.3) is 0 Å². The fourth-order valence-corrected chi connectivity index (χ4v) is 2.64. The van der Waals surface area contributed by atoms with Gasteiger partial charge in [0.1, 0.15) is 6.04 Å². The van der Waals surface area contributed by atoms with Crippen LogP contribution in [0.1, 0.15) is 52.4 Å². The summed E-state index contributed by atoms with van der Waals surface area (Å²) in [5.74, 6) is -53.8. The minimum Gasteiger partial charge on any atom is -0.464 e. The second-order valence-corrected chi connectivity index (χ2v) is 8.07. The molecule has 0 heterocycles. The molecule has 0 fully saturated rings. The molecular weight excluding hydrogens is 575 g/mol. The largest absolute Gasteiger partial charge is 0.464 e. The van der Waals surface area contributed by atoms with Crippen molar-refractivity contribution in [1.29, 1.82) is 0 Å². The van der Waals surface area contributed by atoms with Crippen molar-refractivity contribution in [2.24, 2.45) is 0 Å². The molecule has 0 saturated heterocycles. The zero-order valence-electron chi connectivity index (χ0n) is 19.4. The van der Waals surface area contributed by atoms with Gasteiger partial charge in [0.15, 0.2) is 0 Å². The summed E-state index contributed by atoms with van der Waals surface area (Å²) in [6.45, 7) is 2.01. The van der Waals surface area contributed by atoms with Gasteiger partial charge in [0.2, 0.25) is 0 Å². The topological polar surface area (TPSA) is 55.4 Å². The molecule has 38 heavy (non-hydrogen) atoms. The van der Waals surface area contributed by atoms with Gasteiger partial charge in [-0.2, -0.15) is 65.9 Å². The molecule has 0 aliphatic carbocycles. The lowest BCUT2D eigenvalue weighted by atomic mass is 9.90. The maximum Gasteiger partial charge on any atom is 0.460 e. The zero-order valence-corrected chi connectivity index (χ0v) is 19.4. The van der Waals surface area contributed by atoms with E-state index in [1.807, 2.05) is 6.92 Å². The first-order chi connectivity index (χ1) is 16.8. The van der Waals surface area contributed by atoms with Crippen molar-refractivity contribution in [3.8, 4) is 0 Å². The molecule has 4 nitrogen and oxygen atoms in total. The number of ether oxygens (including phenoxy) is 1. The molecule has 0 rings (SSSR count). The Kier molecular flexibility index (Phi) is 11.3. The molecule has 0 aliphatic heterocycles. The van der Waals surface area contributed by atoms with Crippen LogP contribution in [-0.4, -0.2) is 66.2 Å². The summed E-state index contributed by atoms with van der Waals surface area (Å²) in [4.78, 5) is 23.1. The van der Waals surface area contributed by atoms with Gasteiger partial charge in [0.05, 0.1) is 6.61 Å². The van der Waals surface area contributed by atoms with Crippen molar-refractivity contribution in [1.82, 2.24) is 5.32 Å². The molecule has 1 unspecified atom stereocenters. The van der Waals surface area contributed by atoms with Crippen LogP contribution in [0, 0.1) is 0 Å². The van der Waals surface area contributed by atoms with Crippen LogP contribution in [0.15, 0.2) is 0 Å². The standard InChI is InChI=1S/C19H22F15NO3/c1-3-4-5-6-7-8-9-38-11(36)10(2)35-12(37)13(20,21)14(22,23)15(24,25)16(26,27)17(28,29)18(30,31)19(32,33)34/h10H,3-9H2,1-2H3,(H,35,37). The lowest BCUT2D eigenvalue weighted by Crippen LogP contribution is -2.74. The molecule has 0 spiro atoms. The van der Waals surface area contributed by atoms with Gasteiger partial charge in [-0.1, -0.05) is 39.0 Å². The first-order valence-electron chi connectivity index (χ1n) is 10.6. The highest BCUT2D eigenvalue weighted by molar-refractivity contribution is 5.89. The van der Waals surface area contributed by atoms with Crippen molar-refractivity contribution < 1.29 is 80.2 Å². The quantitative estimate of drug-likeness (QED) is 0.129. The first-order valence-corrected chi connectivity index (χ1v) is 10.6. The molecule has 1 amide bonds. The lowest BCUT2D eigenvalue weighted by Gasteiger charge is -2.41. The molecule has 0 bridgehead atoms. The zero-order chi connectivity index (χ0) is 30.6. The van der Waals surface area contributed by atoms with E-state index in [0.29, 0.717) is 25.1 Å². The number of esters is 1. The predicted octanol–water partition coefficient (Wildman–Crippen LogP) is 6.77. The van der Waals surface area contributed by atoms with Gasteiger partial charge in [-0.25, -0.2) is 4.79 Å². The van der Waals surface area contributed by atoms with E-state index < -0.39 is 59.6 Å². The molecule has 0 aromatic rings. The van der Waals surface area contributed by atoms with E-state index in [1.165, 1.54) is 0 Å². The maximum absolute atomic E-state index is 13.8. The molecule has 0 aliphatic rings. The molecule has 1 N–H and O–H groups in total. The normalized spacial score (nSPS) is 15.3. The Morgan fingerprint density at radius 2 is 1.03 bits per heavy atom. The summed E-state index contributed by atoms with van der Waals surface area (Å²) >= 11 is 0. The second-order valence-electron chi connectivity index (χ2n) is 8.07. The van der Waals surface area contributed by atoms with Crippen LogP contribution >= 0.6 is 0 Å². The van der Waals surface area contributed by atoms with Crippen molar-refractivity contribution >= 4 is 11.9 Å². The summed E-state index contributed by atoms with van der Waals surface area (Å²) in [5.41, 5.74) is 0. The first kappa shape index (κ1) is 35.9. The van der Waals surface area contributed by atoms with E-state index in [-0.39, 0.29) is 13.0 Å². The van der Waals surface area contributed by atoms with E-state index in [0.717, 1.165) is 19.3 Å². The molecule has 1 atom stereocenters. The number of unbranched alkanes of at least 4 members (excludes halogenated alkanes) is 5. The van der Waals surface area contributed by atoms with Crippen molar-refractivity contribution in [3.05, 3.63) is 0 Å². The predicted molar refractivity (Wildman–Crippen MR) is 97.7 cm³/mol. The Hall–Kier alpha value is -2.11. The van der Waals surface area contributed by atoms with E-state index in [2.05, 4.69) is 4.74 Å². The Morgan fingerprint density at radius 1 is 0.632 bits per heavy atom.